The second kappa shape index (κ2) is 7.25. The van der Waals surface area contributed by atoms with Crippen molar-refractivity contribution in [1.82, 2.24) is 4.31 Å². The molecule has 0 spiro atoms. The first-order valence-electron chi connectivity index (χ1n) is 9.13. The van der Waals surface area contributed by atoms with Crippen LogP contribution < -0.4 is 0 Å². The van der Waals surface area contributed by atoms with Crippen molar-refractivity contribution in [2.45, 2.75) is 53.7 Å². The largest absolute Gasteiger partial charge is 0.253 e. The predicted molar refractivity (Wildman–Crippen MR) is 103 cm³/mol. The third-order valence-electron chi connectivity index (χ3n) is 5.38. The van der Waals surface area contributed by atoms with Crippen LogP contribution in [-0.2, 0) is 20.8 Å². The lowest BCUT2D eigenvalue weighted by Crippen LogP contribution is -2.63. The molecule has 0 bridgehead atoms. The van der Waals surface area contributed by atoms with Crippen LogP contribution in [0.15, 0.2) is 65.6 Å². The highest BCUT2D eigenvalue weighted by molar-refractivity contribution is 8.06. The van der Waals surface area contributed by atoms with Gasteiger partial charge in [0.05, 0.1) is 16.8 Å². The molecular formula is C20H23NO3S2. The fraction of sp³-hybridized carbons (Fsp3) is 0.400. The van der Waals surface area contributed by atoms with E-state index in [9.17, 15) is 12.6 Å². The van der Waals surface area contributed by atoms with E-state index < -0.39 is 25.4 Å². The van der Waals surface area contributed by atoms with E-state index in [4.69, 9.17) is 0 Å². The minimum atomic E-state index is -3.57. The lowest BCUT2D eigenvalue weighted by atomic mass is 9.94. The van der Waals surface area contributed by atoms with Gasteiger partial charge in [-0.1, -0.05) is 67.8 Å². The van der Waals surface area contributed by atoms with Crippen LogP contribution in [0.25, 0.3) is 0 Å². The number of sulfonamides is 1. The second-order valence-corrected chi connectivity index (χ2v) is 10.8. The van der Waals surface area contributed by atoms with Crippen LogP contribution in [-0.4, -0.2) is 27.6 Å². The van der Waals surface area contributed by atoms with Gasteiger partial charge in [-0.15, -0.1) is 0 Å². The average Bonchev–Trinajstić information content (AvgIpc) is 2.68. The van der Waals surface area contributed by atoms with Crippen molar-refractivity contribution in [1.29, 1.82) is 0 Å². The molecule has 2 aliphatic rings. The smallest absolute Gasteiger partial charge is 0.232 e. The molecule has 1 aliphatic heterocycles. The Hall–Kier alpha value is -1.50. The summed E-state index contributed by atoms with van der Waals surface area (Å²) in [7, 11) is -5.17. The van der Waals surface area contributed by atoms with E-state index in [1.807, 2.05) is 36.4 Å². The predicted octanol–water partition coefficient (Wildman–Crippen LogP) is 3.84. The Morgan fingerprint density at radius 2 is 1.42 bits per heavy atom. The van der Waals surface area contributed by atoms with Gasteiger partial charge >= 0.3 is 0 Å². The van der Waals surface area contributed by atoms with E-state index in [-0.39, 0.29) is 12.1 Å². The van der Waals surface area contributed by atoms with Crippen LogP contribution in [0.2, 0.25) is 0 Å². The summed E-state index contributed by atoms with van der Waals surface area (Å²) in [5, 5.41) is 0. The quantitative estimate of drug-likeness (QED) is 0.798. The van der Waals surface area contributed by atoms with Gasteiger partial charge in [-0.3, -0.25) is 4.21 Å². The molecule has 1 saturated heterocycles. The number of rotatable bonds is 4. The third kappa shape index (κ3) is 3.04. The van der Waals surface area contributed by atoms with Gasteiger partial charge in [0, 0.05) is 10.9 Å². The van der Waals surface area contributed by atoms with Gasteiger partial charge in [0.25, 0.3) is 0 Å². The maximum Gasteiger partial charge on any atom is 0.232 e. The molecule has 0 amide bonds. The van der Waals surface area contributed by atoms with E-state index in [1.54, 1.807) is 28.6 Å². The molecular weight excluding hydrogens is 366 g/mol. The van der Waals surface area contributed by atoms with Crippen LogP contribution in [0, 0.1) is 0 Å². The molecule has 1 saturated carbocycles. The Morgan fingerprint density at radius 3 is 2.04 bits per heavy atom. The molecule has 1 heterocycles. The highest BCUT2D eigenvalue weighted by Gasteiger charge is 2.59. The Balaban J connectivity index is 1.73. The fourth-order valence-corrected chi connectivity index (χ4v) is 8.79. The van der Waals surface area contributed by atoms with Crippen LogP contribution >= 0.6 is 0 Å². The Bertz CT molecular complexity index is 878. The third-order valence-corrected chi connectivity index (χ3v) is 10.0. The average molecular weight is 390 g/mol. The van der Waals surface area contributed by atoms with Gasteiger partial charge < -0.3 is 0 Å². The first-order chi connectivity index (χ1) is 12.6. The molecule has 0 N–H and O–H groups in total. The second-order valence-electron chi connectivity index (χ2n) is 7.00. The first kappa shape index (κ1) is 17.9. The summed E-state index contributed by atoms with van der Waals surface area (Å²) in [4.78, 5) is 0.574. The number of hydrogen-bond donors (Lipinski definition) is 0. The molecule has 0 radical (unpaired) electrons. The molecule has 2 aromatic carbocycles. The van der Waals surface area contributed by atoms with Gasteiger partial charge in [-0.25, -0.2) is 8.42 Å². The van der Waals surface area contributed by atoms with Crippen molar-refractivity contribution in [2.24, 2.45) is 0 Å². The summed E-state index contributed by atoms with van der Waals surface area (Å²) in [5.74, 6) is 0. The van der Waals surface area contributed by atoms with Gasteiger partial charge in [-0.2, -0.15) is 4.31 Å². The minimum Gasteiger partial charge on any atom is -0.253 e. The fourth-order valence-electron chi connectivity index (χ4n) is 4.14. The van der Waals surface area contributed by atoms with Gasteiger partial charge in [-0.05, 0) is 30.5 Å². The standard InChI is InChI=1S/C20H23NO3S2/c22-25(18-14-8-3-9-15-18)20-19(16-10-4-1-5-11-16)21(26(20,23)24)17-12-6-2-7-13-17/h1,3-5,8-11,14-15,17,19-20H,2,6-7,12-13H2/t19-,20+,25-/m1/s1. The van der Waals surface area contributed by atoms with Crippen LogP contribution in [0.5, 0.6) is 0 Å². The molecule has 4 nitrogen and oxygen atoms in total. The lowest BCUT2D eigenvalue weighted by molar-refractivity contribution is 0.175. The van der Waals surface area contributed by atoms with Crippen molar-refractivity contribution in [3.63, 3.8) is 0 Å². The zero-order valence-corrected chi connectivity index (χ0v) is 16.2. The summed E-state index contributed by atoms with van der Waals surface area (Å²) < 4.78 is 40.3. The van der Waals surface area contributed by atoms with Crippen LogP contribution in [0.1, 0.15) is 43.7 Å². The van der Waals surface area contributed by atoms with Gasteiger partial charge in [0.15, 0.2) is 4.58 Å². The first-order valence-corrected chi connectivity index (χ1v) is 11.9. The van der Waals surface area contributed by atoms with Crippen molar-refractivity contribution in [3.8, 4) is 0 Å². The summed E-state index contributed by atoms with van der Waals surface area (Å²) in [6, 6.07) is 18.3. The summed E-state index contributed by atoms with van der Waals surface area (Å²) in [5.41, 5.74) is 0.933. The Kier molecular flexibility index (Phi) is 4.99. The normalized spacial score (nSPS) is 27.5. The molecule has 2 fully saturated rings. The van der Waals surface area contributed by atoms with Crippen molar-refractivity contribution in [3.05, 3.63) is 66.2 Å². The summed E-state index contributed by atoms with van der Waals surface area (Å²) in [6.45, 7) is 0. The van der Waals surface area contributed by atoms with Crippen LogP contribution in [0.3, 0.4) is 0 Å². The topological polar surface area (TPSA) is 54.5 Å². The molecule has 4 rings (SSSR count). The Morgan fingerprint density at radius 1 is 0.846 bits per heavy atom. The molecule has 2 aromatic rings. The highest BCUT2D eigenvalue weighted by atomic mass is 32.3. The van der Waals surface area contributed by atoms with E-state index in [0.29, 0.717) is 4.90 Å². The van der Waals surface area contributed by atoms with E-state index >= 15 is 0 Å². The molecule has 1 aliphatic carbocycles. The molecule has 3 atom stereocenters. The highest BCUT2D eigenvalue weighted by Crippen LogP contribution is 2.48. The number of hydrogen-bond acceptors (Lipinski definition) is 3. The van der Waals surface area contributed by atoms with Crippen molar-refractivity contribution >= 4 is 20.8 Å². The molecule has 0 aromatic heterocycles. The van der Waals surface area contributed by atoms with Gasteiger partial charge in [0.2, 0.25) is 10.0 Å². The maximum absolute atomic E-state index is 13.2. The van der Waals surface area contributed by atoms with Crippen molar-refractivity contribution in [2.75, 3.05) is 0 Å². The summed E-state index contributed by atoms with van der Waals surface area (Å²) >= 11 is 0. The van der Waals surface area contributed by atoms with E-state index in [2.05, 4.69) is 0 Å². The van der Waals surface area contributed by atoms with E-state index in [0.717, 1.165) is 31.2 Å². The van der Waals surface area contributed by atoms with Crippen molar-refractivity contribution < 1.29 is 12.6 Å². The zero-order chi connectivity index (χ0) is 18.1. The molecule has 6 heteroatoms. The lowest BCUT2D eigenvalue weighted by Gasteiger charge is -2.50. The van der Waals surface area contributed by atoms with Gasteiger partial charge in [0.1, 0.15) is 0 Å². The molecule has 0 unspecified atom stereocenters. The SMILES string of the molecule is O=[S@](c1ccccc1)[C@@H]1[C@@H](c2ccccc2)N(C2CCCCC2)S1(=O)=O. The van der Waals surface area contributed by atoms with E-state index in [1.165, 1.54) is 6.42 Å². The Labute approximate surface area is 157 Å². The summed E-state index contributed by atoms with van der Waals surface area (Å²) in [6.07, 6.45) is 5.08. The monoisotopic (exact) mass is 389 g/mol. The van der Waals surface area contributed by atoms with Crippen LogP contribution in [0.4, 0.5) is 0 Å². The zero-order valence-electron chi connectivity index (χ0n) is 14.5. The maximum atomic E-state index is 13.2. The minimum absolute atomic E-state index is 0.0305. The number of benzene rings is 2. The number of nitrogens with zero attached hydrogens (tertiary/aromatic N) is 1. The molecule has 26 heavy (non-hydrogen) atoms. The molecule has 138 valence electrons.